The molecular formula is C72H55N9O6. The standard InChI is InChI=1S/C72H55N9O6/c1-79-47-55(46-73-79)68-64(56(42-51-28-16-7-17-29-51)60(82)39-34-48-22-10-4-11-23-48)66-67(58(44-53-32-20-9-21-33-53)62(84)41-36-50-26-14-6-15-27-50)75-70(74-59-38-37-54(45-63(59)87-3)71-76-77-78-80(71)2)65(69(66)81(68)72(85)86)57(43-52-30-18-8-19-31-52)61(83)40-35-49-24-12-5-13-25-49/h4-47H,1-3H3,(H,74,75)(H,85,86). The van der Waals surface area contributed by atoms with Crippen LogP contribution in [0.1, 0.15) is 50.2 Å². The number of carbonyl (C=O) groups excluding carboxylic acids is 3. The molecule has 15 heteroatoms. The molecule has 424 valence electrons. The third-order valence-electron chi connectivity index (χ3n) is 14.2. The van der Waals surface area contributed by atoms with E-state index >= 15 is 19.2 Å². The average Bonchev–Trinajstić information content (AvgIpc) is 1.58. The molecule has 87 heavy (non-hydrogen) atoms. The summed E-state index contributed by atoms with van der Waals surface area (Å²) >= 11 is 0. The first-order valence-electron chi connectivity index (χ1n) is 27.7. The van der Waals surface area contributed by atoms with Crippen LogP contribution in [0.15, 0.2) is 231 Å². The summed E-state index contributed by atoms with van der Waals surface area (Å²) in [5.41, 5.74) is 5.04. The van der Waals surface area contributed by atoms with E-state index < -0.39 is 23.4 Å². The predicted molar refractivity (Wildman–Crippen MR) is 344 cm³/mol. The highest BCUT2D eigenvalue weighted by Crippen LogP contribution is 2.48. The number of aromatic nitrogens is 8. The molecule has 4 aromatic heterocycles. The lowest BCUT2D eigenvalue weighted by molar-refractivity contribution is -0.110. The largest absolute Gasteiger partial charge is 0.495 e. The molecule has 0 unspecified atom stereocenters. The molecule has 0 aliphatic heterocycles. The van der Waals surface area contributed by atoms with Crippen LogP contribution < -0.4 is 10.1 Å². The fourth-order valence-electron chi connectivity index (χ4n) is 10.1. The highest BCUT2D eigenvalue weighted by Gasteiger charge is 2.36. The molecule has 0 aliphatic carbocycles. The summed E-state index contributed by atoms with van der Waals surface area (Å²) in [7, 11) is 4.90. The minimum Gasteiger partial charge on any atom is -0.495 e. The number of carbonyl (C=O) groups is 4. The zero-order chi connectivity index (χ0) is 60.2. The summed E-state index contributed by atoms with van der Waals surface area (Å²) in [5.74, 6) is -0.959. The zero-order valence-corrected chi connectivity index (χ0v) is 47.5. The first kappa shape index (κ1) is 56.9. The van der Waals surface area contributed by atoms with E-state index in [9.17, 15) is 5.11 Å². The Morgan fingerprint density at radius 1 is 0.540 bits per heavy atom. The van der Waals surface area contributed by atoms with E-state index in [1.807, 2.05) is 182 Å². The van der Waals surface area contributed by atoms with Crippen LogP contribution in [-0.2, 0) is 28.5 Å². The lowest BCUT2D eigenvalue weighted by Gasteiger charge is -2.20. The van der Waals surface area contributed by atoms with Crippen molar-refractivity contribution in [3.63, 3.8) is 0 Å². The van der Waals surface area contributed by atoms with E-state index in [1.54, 1.807) is 74.9 Å². The number of anilines is 2. The van der Waals surface area contributed by atoms with Crippen LogP contribution in [-0.4, -0.2) is 75.2 Å². The first-order chi connectivity index (χ1) is 42.5. The van der Waals surface area contributed by atoms with Crippen LogP contribution in [0.25, 0.3) is 86.7 Å². The molecule has 0 saturated carbocycles. The molecule has 15 nitrogen and oxygen atoms in total. The molecule has 0 saturated heterocycles. The zero-order valence-electron chi connectivity index (χ0n) is 47.5. The van der Waals surface area contributed by atoms with Gasteiger partial charge in [-0.3, -0.25) is 19.1 Å². The number of benzene rings is 7. The van der Waals surface area contributed by atoms with E-state index in [0.29, 0.717) is 33.8 Å². The van der Waals surface area contributed by atoms with Gasteiger partial charge in [0.15, 0.2) is 23.2 Å². The van der Waals surface area contributed by atoms with Crippen molar-refractivity contribution >= 4 is 99.0 Å². The molecule has 11 aromatic rings. The number of hydrogen-bond donors (Lipinski definition) is 2. The van der Waals surface area contributed by atoms with Crippen molar-refractivity contribution < 1.29 is 29.0 Å². The summed E-state index contributed by atoms with van der Waals surface area (Å²) in [5, 5.41) is 32.5. The Labute approximate surface area is 501 Å². The number of methoxy groups -OCH3 is 1. The van der Waals surface area contributed by atoms with Gasteiger partial charge in [-0.05, 0) is 98.5 Å². The summed E-state index contributed by atoms with van der Waals surface area (Å²) in [6, 6.07) is 60.7. The van der Waals surface area contributed by atoms with Crippen LogP contribution in [0.2, 0.25) is 0 Å². The topological polar surface area (TPSA) is 189 Å². The van der Waals surface area contributed by atoms with Crippen LogP contribution in [0.5, 0.6) is 5.75 Å². The third kappa shape index (κ3) is 12.8. The van der Waals surface area contributed by atoms with Gasteiger partial charge >= 0.3 is 6.09 Å². The number of tetrazole rings is 1. The van der Waals surface area contributed by atoms with Crippen molar-refractivity contribution in [2.24, 2.45) is 14.1 Å². The Morgan fingerprint density at radius 3 is 1.41 bits per heavy atom. The molecule has 11 rings (SSSR count). The molecule has 0 amide bonds. The first-order valence-corrected chi connectivity index (χ1v) is 27.7. The van der Waals surface area contributed by atoms with Crippen molar-refractivity contribution in [1.82, 2.24) is 39.5 Å². The number of nitrogens with one attached hydrogen (secondary N) is 1. The lowest BCUT2D eigenvalue weighted by Crippen LogP contribution is -2.14. The second-order valence-corrected chi connectivity index (χ2v) is 20.0. The minimum absolute atomic E-state index is 0.00169. The number of allylic oxidation sites excluding steroid dienone is 6. The van der Waals surface area contributed by atoms with Gasteiger partial charge in [0, 0.05) is 59.1 Å². The van der Waals surface area contributed by atoms with Crippen molar-refractivity contribution in [2.75, 3.05) is 12.4 Å². The molecule has 2 N–H and O–H groups in total. The Kier molecular flexibility index (Phi) is 17.1. The van der Waals surface area contributed by atoms with Gasteiger partial charge in [-0.15, -0.1) is 5.10 Å². The Hall–Kier alpha value is -12.0. The number of fused-ring (bicyclic) bond motifs is 1. The smallest absolute Gasteiger partial charge is 0.416 e. The molecule has 0 fully saturated rings. The van der Waals surface area contributed by atoms with Gasteiger partial charge in [-0.1, -0.05) is 200 Å². The summed E-state index contributed by atoms with van der Waals surface area (Å²) in [4.78, 5) is 68.2. The van der Waals surface area contributed by atoms with Gasteiger partial charge in [-0.2, -0.15) is 5.10 Å². The number of rotatable bonds is 20. The molecule has 0 atom stereocenters. The Morgan fingerprint density at radius 2 is 0.989 bits per heavy atom. The van der Waals surface area contributed by atoms with E-state index in [4.69, 9.17) is 9.72 Å². The van der Waals surface area contributed by atoms with Gasteiger partial charge in [0.1, 0.15) is 11.6 Å². The van der Waals surface area contributed by atoms with Gasteiger partial charge in [-0.25, -0.2) is 19.0 Å². The maximum absolute atomic E-state index is 15.9. The molecule has 7 aromatic carbocycles. The Bertz CT molecular complexity index is 4540. The second-order valence-electron chi connectivity index (χ2n) is 20.0. The highest BCUT2D eigenvalue weighted by molar-refractivity contribution is 6.40. The SMILES string of the molecule is COc1cc(-c2nnnn2C)ccc1Nc1nc(C(=Cc2ccccc2)C(=O)C=Cc2ccccc2)c2c(C(=Cc3ccccc3)C(=O)C=Cc3ccccc3)c(-c3cnn(C)c3)n(C(=O)O)c2c1C(=Cc1ccccc1)C(=O)C=Cc1ccccc1. The van der Waals surface area contributed by atoms with Crippen LogP contribution in [0.3, 0.4) is 0 Å². The maximum atomic E-state index is 15.9. The summed E-state index contributed by atoms with van der Waals surface area (Å²) in [6.07, 6.45) is 16.0. The molecule has 0 spiro atoms. The number of ether oxygens (including phenoxy) is 1. The number of nitrogens with zero attached hydrogens (tertiary/aromatic N) is 8. The fourth-order valence-corrected chi connectivity index (χ4v) is 10.1. The Balaban J connectivity index is 1.36. The maximum Gasteiger partial charge on any atom is 0.416 e. The van der Waals surface area contributed by atoms with Crippen molar-refractivity contribution in [3.05, 3.63) is 281 Å². The number of hydrogen-bond acceptors (Lipinski definition) is 11. The van der Waals surface area contributed by atoms with Crippen LogP contribution in [0, 0.1) is 0 Å². The number of ketones is 3. The van der Waals surface area contributed by atoms with Gasteiger partial charge < -0.3 is 15.2 Å². The second kappa shape index (κ2) is 26.1. The quantitative estimate of drug-likeness (QED) is 0.0688. The van der Waals surface area contributed by atoms with Crippen molar-refractivity contribution in [3.8, 4) is 28.4 Å². The fraction of sp³-hybridized carbons (Fsp3) is 0.0417. The summed E-state index contributed by atoms with van der Waals surface area (Å²) in [6.45, 7) is 0. The van der Waals surface area contributed by atoms with Crippen molar-refractivity contribution in [2.45, 2.75) is 0 Å². The van der Waals surface area contributed by atoms with Crippen LogP contribution in [0.4, 0.5) is 16.3 Å². The normalized spacial score (nSPS) is 12.1. The van der Waals surface area contributed by atoms with Gasteiger partial charge in [0.2, 0.25) is 0 Å². The summed E-state index contributed by atoms with van der Waals surface area (Å²) < 4.78 is 10.2. The van der Waals surface area contributed by atoms with Gasteiger partial charge in [0.05, 0.1) is 41.5 Å². The molecule has 0 radical (unpaired) electrons. The van der Waals surface area contributed by atoms with E-state index in [-0.39, 0.29) is 67.3 Å². The number of aryl methyl sites for hydroxylation is 2. The molecule has 4 heterocycles. The van der Waals surface area contributed by atoms with Crippen molar-refractivity contribution in [1.29, 1.82) is 0 Å². The molecular weight excluding hydrogens is 1090 g/mol. The van der Waals surface area contributed by atoms with Crippen LogP contribution >= 0.6 is 0 Å². The average molecular weight is 1140 g/mol. The van der Waals surface area contributed by atoms with E-state index in [0.717, 1.165) is 21.3 Å². The number of pyridine rings is 1. The monoisotopic (exact) mass is 1140 g/mol. The molecule has 0 aliphatic rings. The van der Waals surface area contributed by atoms with E-state index in [1.165, 1.54) is 40.9 Å². The minimum atomic E-state index is -1.50. The number of carboxylic acid groups (broad SMARTS) is 1. The molecule has 0 bridgehead atoms. The predicted octanol–water partition coefficient (Wildman–Crippen LogP) is 14.4. The van der Waals surface area contributed by atoms with E-state index in [2.05, 4.69) is 25.9 Å². The van der Waals surface area contributed by atoms with Gasteiger partial charge in [0.25, 0.3) is 0 Å². The lowest BCUT2D eigenvalue weighted by atomic mass is 9.88. The third-order valence-corrected chi connectivity index (χ3v) is 14.2. The highest BCUT2D eigenvalue weighted by atomic mass is 16.5.